The van der Waals surface area contributed by atoms with Crippen LogP contribution in [0.1, 0.15) is 6.92 Å². The largest absolute Gasteiger partial charge is 0.460 e. The third kappa shape index (κ3) is 2.20. The molecule has 0 aliphatic rings. The standard InChI is InChI=1S/C10H13N5O4/c1-10(18,9(17)19-3-2-16)15-5-14-6-7(11)12-4-13-8(6)15/h4-5,16,18H,2-3H2,1H3,(H2,11,12,13). The molecule has 0 aromatic carbocycles. The number of nitrogens with two attached hydrogens (primary N) is 1. The number of hydrogen-bond acceptors (Lipinski definition) is 8. The summed E-state index contributed by atoms with van der Waals surface area (Å²) in [5, 5.41) is 18.8. The number of hydrogen-bond donors (Lipinski definition) is 3. The molecule has 2 aromatic heterocycles. The number of carbonyl (C=O) groups excluding carboxylic acids is 1. The Labute approximate surface area is 107 Å². The Kier molecular flexibility index (Phi) is 3.32. The van der Waals surface area contributed by atoms with E-state index in [2.05, 4.69) is 15.0 Å². The number of ether oxygens (including phenoxy) is 1. The summed E-state index contributed by atoms with van der Waals surface area (Å²) in [7, 11) is 0. The number of anilines is 1. The summed E-state index contributed by atoms with van der Waals surface area (Å²) < 4.78 is 5.82. The molecule has 102 valence electrons. The summed E-state index contributed by atoms with van der Waals surface area (Å²) in [4.78, 5) is 23.4. The van der Waals surface area contributed by atoms with Gasteiger partial charge in [0.2, 0.25) is 5.72 Å². The summed E-state index contributed by atoms with van der Waals surface area (Å²) in [5.41, 5.74) is 4.08. The summed E-state index contributed by atoms with van der Waals surface area (Å²) in [6, 6.07) is 0. The highest BCUT2D eigenvalue weighted by molar-refractivity contribution is 5.84. The number of fused-ring (bicyclic) bond motifs is 1. The molecule has 0 aliphatic carbocycles. The van der Waals surface area contributed by atoms with Gasteiger partial charge < -0.3 is 20.7 Å². The van der Waals surface area contributed by atoms with E-state index < -0.39 is 11.7 Å². The molecule has 9 nitrogen and oxygen atoms in total. The van der Waals surface area contributed by atoms with E-state index in [0.717, 1.165) is 4.57 Å². The number of nitrogen functional groups attached to an aromatic ring is 1. The summed E-state index contributed by atoms with van der Waals surface area (Å²) in [6.07, 6.45) is 2.42. The second kappa shape index (κ2) is 4.78. The number of aromatic nitrogens is 4. The van der Waals surface area contributed by atoms with Crippen molar-refractivity contribution in [2.75, 3.05) is 18.9 Å². The highest BCUT2D eigenvalue weighted by Gasteiger charge is 2.36. The van der Waals surface area contributed by atoms with Crippen molar-refractivity contribution in [3.63, 3.8) is 0 Å². The molecule has 9 heteroatoms. The van der Waals surface area contributed by atoms with Crippen LogP contribution in [0.5, 0.6) is 0 Å². The van der Waals surface area contributed by atoms with Gasteiger partial charge in [0.25, 0.3) is 0 Å². The predicted octanol–water partition coefficient (Wildman–Crippen LogP) is -1.39. The van der Waals surface area contributed by atoms with E-state index in [1.54, 1.807) is 0 Å². The van der Waals surface area contributed by atoms with Gasteiger partial charge in [0.15, 0.2) is 11.5 Å². The molecule has 0 bridgehead atoms. The summed E-state index contributed by atoms with van der Waals surface area (Å²) >= 11 is 0. The highest BCUT2D eigenvalue weighted by Crippen LogP contribution is 2.22. The second-order valence-electron chi connectivity index (χ2n) is 3.93. The Morgan fingerprint density at radius 2 is 2.26 bits per heavy atom. The normalized spacial score (nSPS) is 14.3. The van der Waals surface area contributed by atoms with Crippen LogP contribution in [0.15, 0.2) is 12.7 Å². The maximum atomic E-state index is 11.7. The zero-order chi connectivity index (χ0) is 14.0. The molecule has 0 spiro atoms. The molecule has 1 atom stereocenters. The highest BCUT2D eigenvalue weighted by atomic mass is 16.6. The monoisotopic (exact) mass is 267 g/mol. The molecule has 1 unspecified atom stereocenters. The van der Waals surface area contributed by atoms with Crippen LogP contribution in [0.3, 0.4) is 0 Å². The molecule has 19 heavy (non-hydrogen) atoms. The first-order chi connectivity index (χ1) is 8.98. The minimum absolute atomic E-state index is 0.142. The first-order valence-corrected chi connectivity index (χ1v) is 5.43. The molecule has 2 heterocycles. The number of carbonyl (C=O) groups is 1. The smallest absolute Gasteiger partial charge is 0.359 e. The first kappa shape index (κ1) is 13.2. The molecular formula is C10H13N5O4. The van der Waals surface area contributed by atoms with Gasteiger partial charge in [0.1, 0.15) is 24.8 Å². The van der Waals surface area contributed by atoms with E-state index >= 15 is 0 Å². The Balaban J connectivity index is 2.43. The molecule has 0 amide bonds. The second-order valence-corrected chi connectivity index (χ2v) is 3.93. The van der Waals surface area contributed by atoms with E-state index in [9.17, 15) is 9.90 Å². The van der Waals surface area contributed by atoms with Crippen LogP contribution in [0.2, 0.25) is 0 Å². The fraction of sp³-hybridized carbons (Fsp3) is 0.400. The Hall–Kier alpha value is -2.26. The van der Waals surface area contributed by atoms with Crippen molar-refractivity contribution in [3.8, 4) is 0 Å². The quantitative estimate of drug-likeness (QED) is 0.576. The number of aliphatic hydroxyl groups excluding tert-OH is 1. The molecule has 0 fully saturated rings. The van der Waals surface area contributed by atoms with Crippen LogP contribution in [-0.2, 0) is 15.3 Å². The van der Waals surface area contributed by atoms with Gasteiger partial charge in [-0.25, -0.2) is 19.7 Å². The van der Waals surface area contributed by atoms with Gasteiger partial charge in [-0.05, 0) is 6.92 Å². The predicted molar refractivity (Wildman–Crippen MR) is 63.6 cm³/mol. The van der Waals surface area contributed by atoms with Crippen LogP contribution >= 0.6 is 0 Å². The van der Waals surface area contributed by atoms with Gasteiger partial charge in [0.05, 0.1) is 6.61 Å². The average Bonchev–Trinajstić information content (AvgIpc) is 2.81. The number of rotatable bonds is 4. The lowest BCUT2D eigenvalue weighted by atomic mass is 10.2. The van der Waals surface area contributed by atoms with Crippen molar-refractivity contribution in [3.05, 3.63) is 12.7 Å². The van der Waals surface area contributed by atoms with Gasteiger partial charge in [0, 0.05) is 0 Å². The molecular weight excluding hydrogens is 254 g/mol. The lowest BCUT2D eigenvalue weighted by molar-refractivity contribution is -0.175. The van der Waals surface area contributed by atoms with Crippen molar-refractivity contribution in [1.29, 1.82) is 0 Å². The number of esters is 1. The molecule has 4 N–H and O–H groups in total. The van der Waals surface area contributed by atoms with Crippen molar-refractivity contribution in [2.24, 2.45) is 0 Å². The van der Waals surface area contributed by atoms with E-state index in [0.29, 0.717) is 0 Å². The molecule has 0 radical (unpaired) electrons. The Bertz CT molecular complexity index is 609. The molecule has 2 aromatic rings. The molecule has 0 saturated carbocycles. The van der Waals surface area contributed by atoms with Gasteiger partial charge >= 0.3 is 5.97 Å². The third-order valence-electron chi connectivity index (χ3n) is 2.54. The zero-order valence-electron chi connectivity index (χ0n) is 10.1. The van der Waals surface area contributed by atoms with Crippen LogP contribution in [0.4, 0.5) is 5.82 Å². The first-order valence-electron chi connectivity index (χ1n) is 5.43. The average molecular weight is 267 g/mol. The van der Waals surface area contributed by atoms with E-state index in [1.165, 1.54) is 19.6 Å². The lowest BCUT2D eigenvalue weighted by Gasteiger charge is -2.22. The van der Waals surface area contributed by atoms with Crippen molar-refractivity contribution in [2.45, 2.75) is 12.6 Å². The minimum Gasteiger partial charge on any atom is -0.460 e. The van der Waals surface area contributed by atoms with Crippen LogP contribution in [0, 0.1) is 0 Å². The number of aliphatic hydroxyl groups is 2. The fourth-order valence-corrected chi connectivity index (χ4v) is 1.54. The van der Waals surface area contributed by atoms with Crippen LogP contribution in [0.25, 0.3) is 11.2 Å². The van der Waals surface area contributed by atoms with Gasteiger partial charge in [-0.3, -0.25) is 4.57 Å². The lowest BCUT2D eigenvalue weighted by Crippen LogP contribution is -2.40. The summed E-state index contributed by atoms with van der Waals surface area (Å²) in [6.45, 7) is 0.687. The SMILES string of the molecule is CC(O)(C(=O)OCCO)n1cnc2c(N)ncnc21. The van der Waals surface area contributed by atoms with Gasteiger partial charge in [-0.1, -0.05) is 0 Å². The van der Waals surface area contributed by atoms with Crippen molar-refractivity contribution in [1.82, 2.24) is 19.5 Å². The van der Waals surface area contributed by atoms with E-state index in [1.807, 2.05) is 0 Å². The van der Waals surface area contributed by atoms with Crippen molar-refractivity contribution >= 4 is 23.0 Å². The van der Waals surface area contributed by atoms with E-state index in [-0.39, 0.29) is 30.2 Å². The Morgan fingerprint density at radius 1 is 1.53 bits per heavy atom. The zero-order valence-corrected chi connectivity index (χ0v) is 10.1. The maximum Gasteiger partial charge on any atom is 0.359 e. The molecule has 0 saturated heterocycles. The minimum atomic E-state index is -2.01. The number of imidazole rings is 1. The Morgan fingerprint density at radius 3 is 2.95 bits per heavy atom. The topological polar surface area (TPSA) is 136 Å². The molecule has 2 rings (SSSR count). The fourth-order valence-electron chi connectivity index (χ4n) is 1.54. The van der Waals surface area contributed by atoms with Gasteiger partial charge in [-0.15, -0.1) is 0 Å². The summed E-state index contributed by atoms with van der Waals surface area (Å²) in [5.74, 6) is -0.790. The van der Waals surface area contributed by atoms with Crippen LogP contribution < -0.4 is 5.73 Å². The van der Waals surface area contributed by atoms with Crippen molar-refractivity contribution < 1.29 is 19.7 Å². The van der Waals surface area contributed by atoms with E-state index in [4.69, 9.17) is 15.6 Å². The third-order valence-corrected chi connectivity index (χ3v) is 2.54. The van der Waals surface area contributed by atoms with Crippen LogP contribution in [-0.4, -0.2) is 48.9 Å². The molecule has 0 aliphatic heterocycles. The van der Waals surface area contributed by atoms with Gasteiger partial charge in [-0.2, -0.15) is 0 Å². The number of nitrogens with zero attached hydrogens (tertiary/aromatic N) is 4. The maximum absolute atomic E-state index is 11.7.